The average molecular weight is 423 g/mol. The molecule has 1 unspecified atom stereocenters. The van der Waals surface area contributed by atoms with Gasteiger partial charge >= 0.3 is 0 Å². The summed E-state index contributed by atoms with van der Waals surface area (Å²) in [5, 5.41) is 6.61. The molecule has 152 valence electrons. The Morgan fingerprint density at radius 3 is 2.14 bits per heavy atom. The second-order valence-electron chi connectivity index (χ2n) is 7.48. The lowest BCUT2D eigenvalue weighted by molar-refractivity contribution is 0.533. The van der Waals surface area contributed by atoms with Crippen molar-refractivity contribution in [3.8, 4) is 0 Å². The smallest absolute Gasteiger partial charge is 0.166 e. The first-order chi connectivity index (χ1) is 13.1. The Hall–Kier alpha value is -2.03. The van der Waals surface area contributed by atoms with E-state index in [9.17, 15) is 13.2 Å². The van der Waals surface area contributed by atoms with Crippen LogP contribution in [0.5, 0.6) is 0 Å². The van der Waals surface area contributed by atoms with Crippen molar-refractivity contribution in [3.05, 3.63) is 65.0 Å². The predicted octanol–water partition coefficient (Wildman–Crippen LogP) is 3.52. The second-order valence-corrected chi connectivity index (χ2v) is 8.87. The van der Waals surface area contributed by atoms with Crippen LogP contribution in [0.2, 0.25) is 0 Å². The van der Waals surface area contributed by atoms with Crippen LogP contribution in [0.25, 0.3) is 0 Å². The monoisotopic (exact) mass is 422 g/mol. The zero-order valence-electron chi connectivity index (χ0n) is 16.4. The molecule has 2 rings (SSSR count). The first-order valence-electron chi connectivity index (χ1n) is 8.80. The van der Waals surface area contributed by atoms with E-state index < -0.39 is 17.1 Å². The number of halogens is 1. The standard InChI is InChI=1S/C20H26FN3O2S2/c1-20(2,3)16-8-5-14(6-9-16)12-22-19(27)23-13-15-7-10-18(17(21)11-15)24(4)28(25)26/h5-11H,12-13H2,1-4H3,(H,25,26)(H2,22,23,27)/p-1. The van der Waals surface area contributed by atoms with Gasteiger partial charge < -0.3 is 19.5 Å². The maximum atomic E-state index is 14.1. The summed E-state index contributed by atoms with van der Waals surface area (Å²) >= 11 is 2.75. The Morgan fingerprint density at radius 2 is 1.64 bits per heavy atom. The van der Waals surface area contributed by atoms with E-state index in [0.29, 0.717) is 23.8 Å². The van der Waals surface area contributed by atoms with Crippen LogP contribution in [-0.2, 0) is 29.8 Å². The lowest BCUT2D eigenvalue weighted by atomic mass is 9.87. The Bertz CT molecular complexity index is 852. The van der Waals surface area contributed by atoms with Gasteiger partial charge in [-0.25, -0.2) is 4.39 Å². The number of nitrogens with one attached hydrogen (secondary N) is 2. The topological polar surface area (TPSA) is 67.4 Å². The molecular weight excluding hydrogens is 397 g/mol. The molecule has 8 heteroatoms. The van der Waals surface area contributed by atoms with Gasteiger partial charge in [0.05, 0.1) is 5.69 Å². The van der Waals surface area contributed by atoms with Gasteiger partial charge in [-0.2, -0.15) is 0 Å². The van der Waals surface area contributed by atoms with Gasteiger partial charge in [-0.1, -0.05) is 51.1 Å². The lowest BCUT2D eigenvalue weighted by Crippen LogP contribution is -2.34. The lowest BCUT2D eigenvalue weighted by Gasteiger charge is -2.22. The second kappa shape index (κ2) is 9.45. The van der Waals surface area contributed by atoms with E-state index in [4.69, 9.17) is 12.2 Å². The fourth-order valence-corrected chi connectivity index (χ4v) is 3.00. The highest BCUT2D eigenvalue weighted by Gasteiger charge is 2.13. The summed E-state index contributed by atoms with van der Waals surface area (Å²) in [6.45, 7) is 7.44. The molecule has 0 aliphatic carbocycles. The van der Waals surface area contributed by atoms with Crippen molar-refractivity contribution in [1.82, 2.24) is 10.6 Å². The SMILES string of the molecule is CN(c1ccc(CNC(=S)NCc2ccc(C(C)(C)C)cc2)cc1F)S(=O)[O-]. The van der Waals surface area contributed by atoms with Gasteiger partial charge in [0.25, 0.3) is 0 Å². The van der Waals surface area contributed by atoms with Crippen molar-refractivity contribution in [2.24, 2.45) is 0 Å². The van der Waals surface area contributed by atoms with Crippen molar-refractivity contribution in [3.63, 3.8) is 0 Å². The van der Waals surface area contributed by atoms with Gasteiger partial charge in [-0.3, -0.25) is 4.21 Å². The van der Waals surface area contributed by atoms with Crippen LogP contribution in [0.4, 0.5) is 10.1 Å². The fourth-order valence-electron chi connectivity index (χ4n) is 2.55. The maximum absolute atomic E-state index is 14.1. The number of anilines is 1. The van der Waals surface area contributed by atoms with E-state index in [2.05, 4.69) is 55.7 Å². The molecule has 0 bridgehead atoms. The molecule has 2 N–H and O–H groups in total. The summed E-state index contributed by atoms with van der Waals surface area (Å²) in [4.78, 5) is 0. The Balaban J connectivity index is 1.85. The third kappa shape index (κ3) is 6.25. The molecule has 1 atom stereocenters. The summed E-state index contributed by atoms with van der Waals surface area (Å²) < 4.78 is 36.8. The van der Waals surface area contributed by atoms with E-state index in [1.165, 1.54) is 24.7 Å². The molecule has 0 amide bonds. The van der Waals surface area contributed by atoms with E-state index in [1.54, 1.807) is 6.07 Å². The molecule has 0 spiro atoms. The Kier molecular flexibility index (Phi) is 7.51. The molecule has 0 fully saturated rings. The van der Waals surface area contributed by atoms with Crippen molar-refractivity contribution >= 4 is 34.3 Å². The highest BCUT2D eigenvalue weighted by molar-refractivity contribution is 7.80. The molecule has 2 aromatic carbocycles. The summed E-state index contributed by atoms with van der Waals surface area (Å²) in [6, 6.07) is 12.7. The van der Waals surface area contributed by atoms with Crippen LogP contribution in [0.3, 0.4) is 0 Å². The van der Waals surface area contributed by atoms with Crippen LogP contribution in [0.15, 0.2) is 42.5 Å². The zero-order chi connectivity index (χ0) is 20.9. The minimum Gasteiger partial charge on any atom is -0.755 e. The van der Waals surface area contributed by atoms with Crippen molar-refractivity contribution in [2.45, 2.75) is 39.3 Å². The zero-order valence-corrected chi connectivity index (χ0v) is 18.0. The summed E-state index contributed by atoms with van der Waals surface area (Å²) in [6.07, 6.45) is 0. The largest absolute Gasteiger partial charge is 0.755 e. The first-order valence-corrected chi connectivity index (χ1v) is 10.2. The third-order valence-corrected chi connectivity index (χ3v) is 5.23. The molecule has 2 aromatic rings. The third-order valence-electron chi connectivity index (χ3n) is 4.30. The van der Waals surface area contributed by atoms with Crippen LogP contribution in [-0.4, -0.2) is 20.9 Å². The summed E-state index contributed by atoms with van der Waals surface area (Å²) in [5.41, 5.74) is 3.15. The molecule has 0 radical (unpaired) electrons. The first kappa shape index (κ1) is 22.3. The highest BCUT2D eigenvalue weighted by atomic mass is 32.2. The van der Waals surface area contributed by atoms with Crippen LogP contribution < -0.4 is 14.9 Å². The Labute approximate surface area is 173 Å². The van der Waals surface area contributed by atoms with E-state index in [-0.39, 0.29) is 11.1 Å². The minimum atomic E-state index is -2.52. The molecule has 0 heterocycles. The number of nitrogens with zero attached hydrogens (tertiary/aromatic N) is 1. The van der Waals surface area contributed by atoms with Crippen molar-refractivity contribution in [2.75, 3.05) is 11.4 Å². The van der Waals surface area contributed by atoms with E-state index >= 15 is 0 Å². The summed E-state index contributed by atoms with van der Waals surface area (Å²) in [5.74, 6) is -0.608. The Morgan fingerprint density at radius 1 is 1.11 bits per heavy atom. The van der Waals surface area contributed by atoms with Crippen LogP contribution in [0.1, 0.15) is 37.5 Å². The van der Waals surface area contributed by atoms with Crippen molar-refractivity contribution < 1.29 is 13.2 Å². The number of hydrogen-bond donors (Lipinski definition) is 2. The molecule has 0 saturated carbocycles. The molecule has 0 aromatic heterocycles. The van der Waals surface area contributed by atoms with E-state index in [1.807, 2.05) is 0 Å². The molecule has 0 aliphatic rings. The van der Waals surface area contributed by atoms with Gasteiger partial charge in [0.15, 0.2) is 5.11 Å². The molecule has 5 nitrogen and oxygen atoms in total. The van der Waals surface area contributed by atoms with E-state index in [0.717, 1.165) is 9.87 Å². The van der Waals surface area contributed by atoms with Crippen LogP contribution in [0, 0.1) is 5.82 Å². The van der Waals surface area contributed by atoms with Gasteiger partial charge in [-0.15, -0.1) is 0 Å². The number of thiocarbonyl (C=S) groups is 1. The fraction of sp³-hybridized carbons (Fsp3) is 0.350. The normalized spacial score (nSPS) is 12.4. The van der Waals surface area contributed by atoms with Gasteiger partial charge in [0.1, 0.15) is 5.82 Å². The van der Waals surface area contributed by atoms with Gasteiger partial charge in [0, 0.05) is 31.4 Å². The van der Waals surface area contributed by atoms with Gasteiger partial charge in [-0.05, 0) is 46.5 Å². The highest BCUT2D eigenvalue weighted by Crippen LogP contribution is 2.22. The van der Waals surface area contributed by atoms with Crippen molar-refractivity contribution in [1.29, 1.82) is 0 Å². The minimum absolute atomic E-state index is 0.00325. The maximum Gasteiger partial charge on any atom is 0.166 e. The molecule has 0 saturated heterocycles. The molecule has 0 aliphatic heterocycles. The summed E-state index contributed by atoms with van der Waals surface area (Å²) in [7, 11) is 1.28. The number of hydrogen-bond acceptors (Lipinski definition) is 3. The average Bonchev–Trinajstić information content (AvgIpc) is 2.63. The van der Waals surface area contributed by atoms with Gasteiger partial charge in [0.2, 0.25) is 0 Å². The molecular formula is C20H25FN3O2S2-. The number of rotatable bonds is 6. The molecule has 28 heavy (non-hydrogen) atoms. The predicted molar refractivity (Wildman–Crippen MR) is 115 cm³/mol. The van der Waals surface area contributed by atoms with Crippen LogP contribution >= 0.6 is 12.2 Å². The quantitative estimate of drug-likeness (QED) is 0.551. The number of benzene rings is 2.